The number of nitrogens with one attached hydrogen (secondary N) is 3. The average Bonchev–Trinajstić information content (AvgIpc) is 2.67. The van der Waals surface area contributed by atoms with E-state index in [2.05, 4.69) is 16.0 Å². The lowest BCUT2D eigenvalue weighted by Crippen LogP contribution is -2.39. The van der Waals surface area contributed by atoms with Gasteiger partial charge < -0.3 is 16.0 Å². The summed E-state index contributed by atoms with van der Waals surface area (Å²) < 4.78 is 26.2. The molecule has 0 aliphatic carbocycles. The molecular formula is C20H23F2N3O2. The van der Waals surface area contributed by atoms with Gasteiger partial charge in [-0.3, -0.25) is 9.59 Å². The molecule has 0 fully saturated rings. The second-order valence-electron chi connectivity index (χ2n) is 6.11. The highest BCUT2D eigenvalue weighted by molar-refractivity contribution is 5.95. The van der Waals surface area contributed by atoms with E-state index in [4.69, 9.17) is 0 Å². The minimum Gasteiger partial charge on any atom is -0.346 e. The fourth-order valence-corrected chi connectivity index (χ4v) is 2.53. The topological polar surface area (TPSA) is 70.2 Å². The zero-order valence-corrected chi connectivity index (χ0v) is 15.3. The Morgan fingerprint density at radius 2 is 1.74 bits per heavy atom. The van der Waals surface area contributed by atoms with Crippen molar-refractivity contribution in [2.75, 3.05) is 18.4 Å². The Kier molecular flexibility index (Phi) is 7.43. The van der Waals surface area contributed by atoms with E-state index in [0.29, 0.717) is 5.56 Å². The molecule has 1 atom stereocenters. The lowest BCUT2D eigenvalue weighted by Gasteiger charge is -2.14. The van der Waals surface area contributed by atoms with E-state index >= 15 is 0 Å². The number of hydrogen-bond acceptors (Lipinski definition) is 3. The van der Waals surface area contributed by atoms with E-state index < -0.39 is 11.6 Å². The molecule has 0 bridgehead atoms. The molecule has 144 valence electrons. The summed E-state index contributed by atoms with van der Waals surface area (Å²) in [5.41, 5.74) is 2.26. The van der Waals surface area contributed by atoms with E-state index in [-0.39, 0.29) is 30.9 Å². The summed E-state index contributed by atoms with van der Waals surface area (Å²) in [5, 5.41) is 8.19. The molecule has 0 radical (unpaired) electrons. The second kappa shape index (κ2) is 9.78. The number of aryl methyl sites for hydroxylation is 1. The van der Waals surface area contributed by atoms with Gasteiger partial charge in [-0.05, 0) is 42.7 Å². The van der Waals surface area contributed by atoms with Crippen LogP contribution in [-0.2, 0) is 16.0 Å². The molecule has 2 rings (SSSR count). The second-order valence-corrected chi connectivity index (χ2v) is 6.11. The van der Waals surface area contributed by atoms with Crippen molar-refractivity contribution in [3.05, 3.63) is 65.2 Å². The number of para-hydroxylation sites is 1. The van der Waals surface area contributed by atoms with Crippen LogP contribution in [-0.4, -0.2) is 24.9 Å². The molecule has 0 saturated carbocycles. The summed E-state index contributed by atoms with van der Waals surface area (Å²) in [6.07, 6.45) is 0.786. The van der Waals surface area contributed by atoms with Gasteiger partial charge in [-0.1, -0.05) is 31.2 Å². The summed E-state index contributed by atoms with van der Waals surface area (Å²) in [4.78, 5) is 23.9. The predicted molar refractivity (Wildman–Crippen MR) is 100 cm³/mol. The van der Waals surface area contributed by atoms with E-state index in [1.165, 1.54) is 6.07 Å². The van der Waals surface area contributed by atoms with E-state index in [0.717, 1.165) is 29.8 Å². The smallest absolute Gasteiger partial charge is 0.243 e. The van der Waals surface area contributed by atoms with E-state index in [1.807, 2.05) is 31.2 Å². The van der Waals surface area contributed by atoms with Crippen molar-refractivity contribution in [2.24, 2.45) is 0 Å². The lowest BCUT2D eigenvalue weighted by atomic mass is 10.1. The third kappa shape index (κ3) is 6.14. The van der Waals surface area contributed by atoms with Gasteiger partial charge in [0.15, 0.2) is 11.6 Å². The summed E-state index contributed by atoms with van der Waals surface area (Å²) in [6, 6.07) is 10.7. The molecule has 0 heterocycles. The van der Waals surface area contributed by atoms with Crippen LogP contribution in [0.15, 0.2) is 42.5 Å². The van der Waals surface area contributed by atoms with Crippen LogP contribution in [0.4, 0.5) is 14.5 Å². The number of rotatable bonds is 8. The van der Waals surface area contributed by atoms with Crippen molar-refractivity contribution in [3.63, 3.8) is 0 Å². The number of carbonyl (C=O) groups is 2. The number of anilines is 1. The maximum Gasteiger partial charge on any atom is 0.243 e. The zero-order chi connectivity index (χ0) is 19.8. The third-order valence-corrected chi connectivity index (χ3v) is 4.13. The van der Waals surface area contributed by atoms with Crippen LogP contribution in [0.3, 0.4) is 0 Å². The van der Waals surface area contributed by atoms with Gasteiger partial charge >= 0.3 is 0 Å². The molecule has 27 heavy (non-hydrogen) atoms. The lowest BCUT2D eigenvalue weighted by molar-refractivity contribution is -0.123. The first-order chi connectivity index (χ1) is 12.9. The zero-order valence-electron chi connectivity index (χ0n) is 15.3. The highest BCUT2D eigenvalue weighted by Gasteiger charge is 2.12. The number of carbonyl (C=O) groups excluding carboxylic acids is 2. The van der Waals surface area contributed by atoms with Crippen LogP contribution in [0.1, 0.15) is 31.0 Å². The van der Waals surface area contributed by atoms with Gasteiger partial charge in [-0.2, -0.15) is 0 Å². The van der Waals surface area contributed by atoms with Gasteiger partial charge in [-0.15, -0.1) is 0 Å². The molecule has 2 aromatic carbocycles. The highest BCUT2D eigenvalue weighted by atomic mass is 19.2. The van der Waals surface area contributed by atoms with Crippen LogP contribution in [0.5, 0.6) is 0 Å². The number of halogens is 2. The standard InChI is InChI=1S/C20H23F2N3O2/c1-3-14-6-4-5-7-18(14)25-20(27)12-24-19(26)11-23-13(2)15-8-9-16(21)17(22)10-15/h4-10,13,23H,3,11-12H2,1-2H3,(H,24,26)(H,25,27)/t13-/m1/s1. The molecule has 0 aliphatic heterocycles. The largest absolute Gasteiger partial charge is 0.346 e. The van der Waals surface area contributed by atoms with Crippen molar-refractivity contribution in [1.82, 2.24) is 10.6 Å². The van der Waals surface area contributed by atoms with Gasteiger partial charge in [-0.25, -0.2) is 8.78 Å². The summed E-state index contributed by atoms with van der Waals surface area (Å²) in [5.74, 6) is -2.55. The predicted octanol–water partition coefficient (Wildman–Crippen LogP) is 2.93. The van der Waals surface area contributed by atoms with Crippen molar-refractivity contribution >= 4 is 17.5 Å². The van der Waals surface area contributed by atoms with Gasteiger partial charge in [0.05, 0.1) is 13.1 Å². The van der Waals surface area contributed by atoms with Crippen molar-refractivity contribution in [1.29, 1.82) is 0 Å². The monoisotopic (exact) mass is 375 g/mol. The molecule has 3 N–H and O–H groups in total. The first-order valence-corrected chi connectivity index (χ1v) is 8.73. The van der Waals surface area contributed by atoms with Crippen LogP contribution in [0.25, 0.3) is 0 Å². The highest BCUT2D eigenvalue weighted by Crippen LogP contribution is 2.16. The molecule has 2 amide bonds. The fourth-order valence-electron chi connectivity index (χ4n) is 2.53. The quantitative estimate of drug-likeness (QED) is 0.664. The Bertz CT molecular complexity index is 812. The molecule has 0 unspecified atom stereocenters. The van der Waals surface area contributed by atoms with Crippen molar-refractivity contribution < 1.29 is 18.4 Å². The van der Waals surface area contributed by atoms with E-state index in [9.17, 15) is 18.4 Å². The maximum absolute atomic E-state index is 13.3. The minimum absolute atomic E-state index is 0.0566. The first-order valence-electron chi connectivity index (χ1n) is 8.73. The fraction of sp³-hybridized carbons (Fsp3) is 0.300. The van der Waals surface area contributed by atoms with Crippen molar-refractivity contribution in [3.8, 4) is 0 Å². The average molecular weight is 375 g/mol. The normalized spacial score (nSPS) is 11.7. The molecule has 5 nitrogen and oxygen atoms in total. The maximum atomic E-state index is 13.3. The minimum atomic E-state index is -0.936. The van der Waals surface area contributed by atoms with Gasteiger partial charge in [0.2, 0.25) is 11.8 Å². The molecule has 7 heteroatoms. The van der Waals surface area contributed by atoms with E-state index in [1.54, 1.807) is 6.92 Å². The SMILES string of the molecule is CCc1ccccc1NC(=O)CNC(=O)CN[C@H](C)c1ccc(F)c(F)c1. The Morgan fingerprint density at radius 1 is 1.00 bits per heavy atom. The molecular weight excluding hydrogens is 352 g/mol. The first kappa shape index (κ1) is 20.5. The third-order valence-electron chi connectivity index (χ3n) is 4.13. The summed E-state index contributed by atoms with van der Waals surface area (Å²) >= 11 is 0. The Morgan fingerprint density at radius 3 is 2.44 bits per heavy atom. The molecule has 0 aromatic heterocycles. The van der Waals surface area contributed by atoms with Crippen LogP contribution >= 0.6 is 0 Å². The van der Waals surface area contributed by atoms with Crippen LogP contribution in [0, 0.1) is 11.6 Å². The molecule has 0 spiro atoms. The summed E-state index contributed by atoms with van der Waals surface area (Å²) in [6.45, 7) is 3.51. The van der Waals surface area contributed by atoms with Crippen molar-refractivity contribution in [2.45, 2.75) is 26.3 Å². The van der Waals surface area contributed by atoms with Crippen LogP contribution in [0.2, 0.25) is 0 Å². The van der Waals surface area contributed by atoms with Gasteiger partial charge in [0.25, 0.3) is 0 Å². The Labute approximate surface area is 157 Å². The Balaban J connectivity index is 1.77. The molecule has 0 aliphatic rings. The molecule has 2 aromatic rings. The Hall–Kier alpha value is -2.80. The number of hydrogen-bond donors (Lipinski definition) is 3. The summed E-state index contributed by atoms with van der Waals surface area (Å²) in [7, 11) is 0. The van der Waals surface area contributed by atoms with Crippen LogP contribution < -0.4 is 16.0 Å². The molecule has 0 saturated heterocycles. The van der Waals surface area contributed by atoms with Gasteiger partial charge in [0.1, 0.15) is 0 Å². The number of amides is 2. The number of benzene rings is 2. The van der Waals surface area contributed by atoms with Gasteiger partial charge in [0, 0.05) is 11.7 Å².